The molecule has 0 radical (unpaired) electrons. The van der Waals surface area contributed by atoms with Gasteiger partial charge in [0.1, 0.15) is 0 Å². The number of nitrogen functional groups attached to an aromatic ring is 1. The van der Waals surface area contributed by atoms with Crippen LogP contribution in [0.1, 0.15) is 0 Å². The van der Waals surface area contributed by atoms with E-state index >= 15 is 0 Å². The molecule has 0 aliphatic heterocycles. The van der Waals surface area contributed by atoms with Crippen LogP contribution in [0.3, 0.4) is 0 Å². The summed E-state index contributed by atoms with van der Waals surface area (Å²) in [5.74, 6) is 0. The maximum atomic E-state index is 5.60. The largest absolute Gasteiger partial charge is 0.397 e. The van der Waals surface area contributed by atoms with E-state index in [0.717, 1.165) is 0 Å². The maximum absolute atomic E-state index is 5.60. The van der Waals surface area contributed by atoms with Crippen molar-refractivity contribution in [1.82, 2.24) is 0 Å². The van der Waals surface area contributed by atoms with Gasteiger partial charge in [0.2, 0.25) is 0 Å². The SMILES string of the molecule is NCl.Nc1cc(Cl)ccc1Cl. The highest BCUT2D eigenvalue weighted by Gasteiger charge is 1.93. The first-order chi connectivity index (χ1) is 5.20. The molecule has 0 spiro atoms. The molecule has 1 aromatic rings. The minimum atomic E-state index is 0.518. The second kappa shape index (κ2) is 5.49. The van der Waals surface area contributed by atoms with Crippen molar-refractivity contribution in [3.8, 4) is 0 Å². The van der Waals surface area contributed by atoms with Gasteiger partial charge < -0.3 is 5.73 Å². The molecule has 62 valence electrons. The van der Waals surface area contributed by atoms with Gasteiger partial charge in [0, 0.05) is 5.02 Å². The Morgan fingerprint density at radius 3 is 2.00 bits per heavy atom. The van der Waals surface area contributed by atoms with Crippen LogP contribution in [-0.2, 0) is 0 Å². The lowest BCUT2D eigenvalue weighted by Gasteiger charge is -1.95. The van der Waals surface area contributed by atoms with Gasteiger partial charge in [-0.25, -0.2) is 5.25 Å². The Balaban J connectivity index is 0.000000461. The summed E-state index contributed by atoms with van der Waals surface area (Å²) in [7, 11) is 0. The smallest absolute Gasteiger partial charge is 0.0636 e. The molecule has 0 aliphatic carbocycles. The summed E-state index contributed by atoms with van der Waals surface area (Å²) in [6, 6.07) is 4.98. The highest BCUT2D eigenvalue weighted by molar-refractivity contribution is 6.35. The molecule has 0 atom stereocenters. The topological polar surface area (TPSA) is 52.0 Å². The lowest BCUT2D eigenvalue weighted by molar-refractivity contribution is 1.68. The third-order valence-electron chi connectivity index (χ3n) is 0.958. The summed E-state index contributed by atoms with van der Waals surface area (Å²) in [5.41, 5.74) is 5.92. The molecular weight excluding hydrogens is 206 g/mol. The number of nitrogens with two attached hydrogens (primary N) is 2. The van der Waals surface area contributed by atoms with Gasteiger partial charge in [-0.2, -0.15) is 0 Å². The van der Waals surface area contributed by atoms with E-state index in [0.29, 0.717) is 15.7 Å². The molecule has 2 nitrogen and oxygen atoms in total. The molecule has 0 bridgehead atoms. The predicted octanol–water partition coefficient (Wildman–Crippen LogP) is 2.67. The highest BCUT2D eigenvalue weighted by atomic mass is 35.5. The standard InChI is InChI=1S/C6H5Cl2N.ClH2N/c7-4-1-2-5(8)6(9)3-4;1-2/h1-3H,9H2;2H2. The van der Waals surface area contributed by atoms with Gasteiger partial charge >= 0.3 is 0 Å². The van der Waals surface area contributed by atoms with E-state index in [1.165, 1.54) is 0 Å². The van der Waals surface area contributed by atoms with Crippen LogP contribution in [-0.4, -0.2) is 0 Å². The summed E-state index contributed by atoms with van der Waals surface area (Å²) in [6.07, 6.45) is 0. The summed E-state index contributed by atoms with van der Waals surface area (Å²) >= 11 is 15.3. The van der Waals surface area contributed by atoms with Crippen molar-refractivity contribution in [3.63, 3.8) is 0 Å². The number of benzene rings is 1. The first-order valence-electron chi connectivity index (χ1n) is 2.62. The molecule has 0 heterocycles. The van der Waals surface area contributed by atoms with Crippen LogP contribution < -0.4 is 11.0 Å². The number of anilines is 1. The normalized spacial score (nSPS) is 8.36. The minimum absolute atomic E-state index is 0.518. The van der Waals surface area contributed by atoms with E-state index in [-0.39, 0.29) is 0 Å². The Bertz CT molecular complexity index is 227. The molecule has 0 saturated heterocycles. The van der Waals surface area contributed by atoms with Crippen molar-refractivity contribution < 1.29 is 0 Å². The van der Waals surface area contributed by atoms with Gasteiger partial charge in [0.15, 0.2) is 0 Å². The number of rotatable bonds is 0. The Hall–Kier alpha value is -0.150. The van der Waals surface area contributed by atoms with E-state index < -0.39 is 0 Å². The lowest BCUT2D eigenvalue weighted by Crippen LogP contribution is -1.83. The van der Waals surface area contributed by atoms with Crippen molar-refractivity contribution in [2.45, 2.75) is 0 Å². The van der Waals surface area contributed by atoms with Crippen molar-refractivity contribution in [1.29, 1.82) is 0 Å². The first-order valence-corrected chi connectivity index (χ1v) is 3.82. The zero-order valence-electron chi connectivity index (χ0n) is 5.52. The number of hydrogen-bond donors (Lipinski definition) is 2. The highest BCUT2D eigenvalue weighted by Crippen LogP contribution is 2.21. The Kier molecular flexibility index (Phi) is 5.42. The molecule has 5 heteroatoms. The van der Waals surface area contributed by atoms with Gasteiger partial charge in [0.25, 0.3) is 0 Å². The van der Waals surface area contributed by atoms with E-state index in [2.05, 4.69) is 17.0 Å². The third-order valence-corrected chi connectivity index (χ3v) is 1.54. The van der Waals surface area contributed by atoms with E-state index in [1.807, 2.05) is 0 Å². The van der Waals surface area contributed by atoms with Crippen molar-refractivity contribution in [2.24, 2.45) is 5.25 Å². The van der Waals surface area contributed by atoms with Crippen LogP contribution in [0.4, 0.5) is 5.69 Å². The molecule has 1 rings (SSSR count). The molecule has 0 unspecified atom stereocenters. The Morgan fingerprint density at radius 2 is 1.64 bits per heavy atom. The van der Waals surface area contributed by atoms with Crippen molar-refractivity contribution in [2.75, 3.05) is 5.73 Å². The predicted molar refractivity (Wildman–Crippen MR) is 50.9 cm³/mol. The zero-order valence-corrected chi connectivity index (χ0v) is 7.79. The molecule has 4 N–H and O–H groups in total. The van der Waals surface area contributed by atoms with Gasteiger partial charge in [-0.1, -0.05) is 23.2 Å². The van der Waals surface area contributed by atoms with Gasteiger partial charge in [-0.15, -0.1) is 0 Å². The van der Waals surface area contributed by atoms with Crippen LogP contribution in [0.2, 0.25) is 10.0 Å². The molecule has 1 aromatic carbocycles. The molecule has 11 heavy (non-hydrogen) atoms. The molecule has 0 aromatic heterocycles. The first kappa shape index (κ1) is 10.8. The summed E-state index contributed by atoms with van der Waals surface area (Å²) in [4.78, 5) is 0. The second-order valence-electron chi connectivity index (χ2n) is 1.67. The minimum Gasteiger partial charge on any atom is -0.397 e. The quantitative estimate of drug-likeness (QED) is 0.514. The van der Waals surface area contributed by atoms with Crippen molar-refractivity contribution >= 4 is 40.7 Å². The Labute approximate surface area is 80.1 Å². The van der Waals surface area contributed by atoms with Crippen molar-refractivity contribution in [3.05, 3.63) is 28.2 Å². The average molecular weight is 213 g/mol. The molecular formula is C6H7Cl3N2. The van der Waals surface area contributed by atoms with Gasteiger partial charge in [-0.3, -0.25) is 0 Å². The fourth-order valence-corrected chi connectivity index (χ4v) is 0.813. The molecule has 0 amide bonds. The third kappa shape index (κ3) is 3.68. The monoisotopic (exact) mass is 212 g/mol. The van der Waals surface area contributed by atoms with Crippen LogP contribution in [0.25, 0.3) is 0 Å². The fourth-order valence-electron chi connectivity index (χ4n) is 0.515. The molecule has 0 aliphatic rings. The lowest BCUT2D eigenvalue weighted by atomic mass is 10.3. The number of halogens is 3. The zero-order chi connectivity index (χ0) is 8.85. The maximum Gasteiger partial charge on any atom is 0.0636 e. The van der Waals surface area contributed by atoms with Gasteiger partial charge in [0.05, 0.1) is 10.7 Å². The second-order valence-corrected chi connectivity index (χ2v) is 2.51. The van der Waals surface area contributed by atoms with Crippen LogP contribution in [0.15, 0.2) is 18.2 Å². The number of hydrogen-bond acceptors (Lipinski definition) is 2. The Morgan fingerprint density at radius 1 is 1.09 bits per heavy atom. The molecule has 0 saturated carbocycles. The van der Waals surface area contributed by atoms with Crippen LogP contribution in [0.5, 0.6) is 0 Å². The summed E-state index contributed by atoms with van der Waals surface area (Å²) in [6.45, 7) is 0. The van der Waals surface area contributed by atoms with E-state index in [9.17, 15) is 0 Å². The fraction of sp³-hybridized carbons (Fsp3) is 0. The average Bonchev–Trinajstić information content (AvgIpc) is 2.02. The summed E-state index contributed by atoms with van der Waals surface area (Å²) in [5, 5.41) is 5.12. The van der Waals surface area contributed by atoms with E-state index in [4.69, 9.17) is 28.9 Å². The van der Waals surface area contributed by atoms with Gasteiger partial charge in [-0.05, 0) is 30.0 Å². The van der Waals surface area contributed by atoms with E-state index in [1.54, 1.807) is 18.2 Å². The summed E-state index contributed by atoms with van der Waals surface area (Å²) < 4.78 is 0. The van der Waals surface area contributed by atoms with Crippen LogP contribution >= 0.6 is 35.0 Å². The molecule has 0 fully saturated rings. The van der Waals surface area contributed by atoms with Crippen LogP contribution in [0, 0.1) is 0 Å².